The van der Waals surface area contributed by atoms with Gasteiger partial charge in [-0.3, -0.25) is 14.4 Å². The third-order valence-electron chi connectivity index (χ3n) is 8.28. The second kappa shape index (κ2) is 13.4. The zero-order chi connectivity index (χ0) is 27.9. The summed E-state index contributed by atoms with van der Waals surface area (Å²) in [5.74, 6) is -0.00765. The third-order valence-corrected chi connectivity index (χ3v) is 8.28. The molecule has 0 aromatic heterocycles. The highest BCUT2D eigenvalue weighted by atomic mass is 16.5. The van der Waals surface area contributed by atoms with Crippen molar-refractivity contribution in [1.29, 1.82) is 0 Å². The lowest BCUT2D eigenvalue weighted by atomic mass is 9.77. The van der Waals surface area contributed by atoms with Gasteiger partial charge in [-0.15, -0.1) is 0 Å². The molecule has 0 radical (unpaired) electrons. The lowest BCUT2D eigenvalue weighted by Gasteiger charge is -2.41. The van der Waals surface area contributed by atoms with Gasteiger partial charge >= 0.3 is 0 Å². The van der Waals surface area contributed by atoms with Crippen LogP contribution in [0.3, 0.4) is 0 Å². The molecule has 9 heteroatoms. The first-order valence-electron chi connectivity index (χ1n) is 14.4. The van der Waals surface area contributed by atoms with E-state index in [9.17, 15) is 24.6 Å². The van der Waals surface area contributed by atoms with Crippen LogP contribution in [0.2, 0.25) is 0 Å². The van der Waals surface area contributed by atoms with E-state index >= 15 is 0 Å². The lowest BCUT2D eigenvalue weighted by Crippen LogP contribution is -2.56. The van der Waals surface area contributed by atoms with Gasteiger partial charge in [-0.05, 0) is 43.4 Å². The monoisotopic (exact) mass is 542 g/mol. The molecule has 3 N–H and O–H groups in total. The number of nitrogens with zero attached hydrogens (tertiary/aromatic N) is 1. The molecule has 9 nitrogen and oxygen atoms in total. The molecule has 214 valence electrons. The summed E-state index contributed by atoms with van der Waals surface area (Å²) in [5.41, 5.74) is 1.29. The van der Waals surface area contributed by atoms with Crippen LogP contribution in [0.25, 0.3) is 0 Å². The van der Waals surface area contributed by atoms with Gasteiger partial charge in [0.2, 0.25) is 11.8 Å². The van der Waals surface area contributed by atoms with Crippen molar-refractivity contribution in [2.45, 2.75) is 88.9 Å². The van der Waals surface area contributed by atoms with Crippen molar-refractivity contribution in [2.24, 2.45) is 5.92 Å². The summed E-state index contributed by atoms with van der Waals surface area (Å²) in [5, 5.41) is 23.8. The molecular weight excluding hydrogens is 500 g/mol. The Kier molecular flexibility index (Phi) is 10.0. The average molecular weight is 543 g/mol. The zero-order valence-electron chi connectivity index (χ0n) is 23.1. The van der Waals surface area contributed by atoms with E-state index in [0.717, 1.165) is 51.4 Å². The van der Waals surface area contributed by atoms with E-state index < -0.39 is 30.1 Å². The Labute approximate surface area is 230 Å². The fraction of sp³-hybridized carbons (Fsp3) is 0.633. The molecule has 2 aliphatic carbocycles. The van der Waals surface area contributed by atoms with Crippen LogP contribution >= 0.6 is 0 Å². The van der Waals surface area contributed by atoms with Crippen molar-refractivity contribution in [3.8, 4) is 11.5 Å². The van der Waals surface area contributed by atoms with Crippen LogP contribution in [0.4, 0.5) is 0 Å². The number of hydrogen-bond donors (Lipinski definition) is 3. The lowest BCUT2D eigenvalue weighted by molar-refractivity contribution is -0.138. The van der Waals surface area contributed by atoms with Gasteiger partial charge in [-0.1, -0.05) is 39.0 Å². The number of carbonyl (C=O) groups excluding carboxylic acids is 3. The van der Waals surface area contributed by atoms with Crippen LogP contribution in [0.15, 0.2) is 23.8 Å². The molecule has 3 aliphatic rings. The molecule has 39 heavy (non-hydrogen) atoms. The number of amides is 2. The first-order valence-corrected chi connectivity index (χ1v) is 14.4. The highest BCUT2D eigenvalue weighted by Gasteiger charge is 2.51. The Morgan fingerprint density at radius 1 is 1.21 bits per heavy atom. The quantitative estimate of drug-likeness (QED) is 0.258. The molecule has 1 aromatic carbocycles. The van der Waals surface area contributed by atoms with Crippen molar-refractivity contribution in [1.82, 2.24) is 10.2 Å². The van der Waals surface area contributed by atoms with Crippen LogP contribution in [-0.2, 0) is 9.59 Å². The van der Waals surface area contributed by atoms with Crippen LogP contribution < -0.4 is 14.8 Å². The van der Waals surface area contributed by atoms with Crippen LogP contribution in [-0.4, -0.2) is 78.3 Å². The highest BCUT2D eigenvalue weighted by molar-refractivity contribution is 5.96. The molecule has 2 amide bonds. The van der Waals surface area contributed by atoms with E-state index in [-0.39, 0.29) is 19.1 Å². The molecule has 1 aromatic rings. The topological polar surface area (TPSA) is 125 Å². The zero-order valence-corrected chi connectivity index (χ0v) is 23.1. The minimum Gasteiger partial charge on any atom is -0.493 e. The van der Waals surface area contributed by atoms with Crippen LogP contribution in [0.1, 0.15) is 86.6 Å². The van der Waals surface area contributed by atoms with E-state index in [1.807, 2.05) is 0 Å². The number of benzene rings is 1. The van der Waals surface area contributed by atoms with Crippen molar-refractivity contribution in [3.63, 3.8) is 0 Å². The fourth-order valence-corrected chi connectivity index (χ4v) is 6.29. The maximum atomic E-state index is 13.7. The minimum atomic E-state index is -1.10. The molecule has 1 saturated carbocycles. The largest absolute Gasteiger partial charge is 0.493 e. The fourth-order valence-electron chi connectivity index (χ4n) is 6.29. The Morgan fingerprint density at radius 3 is 2.64 bits per heavy atom. The maximum absolute atomic E-state index is 13.7. The molecule has 4 atom stereocenters. The number of hydrogen-bond acceptors (Lipinski definition) is 7. The van der Waals surface area contributed by atoms with Gasteiger partial charge in [0.25, 0.3) is 0 Å². The maximum Gasteiger partial charge on any atom is 0.247 e. The standard InChI is InChI=1S/C30H42N2O7/c1-3-4-5-8-12-32(25(35)16-19-9-6-7-10-19)23-17-22(30(37)31-11-13-33)26-21-14-20(18-34)15-24(38-2)28(21)39-29(26)27(23)36/h14-15,17-19,23,26-27,29,33,36H,3-13,16H2,1-2H3,(H,31,37)/t23-,26+,27+,29+/m1/s1. The molecule has 1 heterocycles. The van der Waals surface area contributed by atoms with Crippen molar-refractivity contribution < 1.29 is 34.1 Å². The first kappa shape index (κ1) is 29.1. The van der Waals surface area contributed by atoms with E-state index in [2.05, 4.69) is 12.2 Å². The second-order valence-electron chi connectivity index (χ2n) is 10.9. The number of fused-ring (bicyclic) bond motifs is 3. The van der Waals surface area contributed by atoms with Gasteiger partial charge in [0.1, 0.15) is 18.5 Å². The number of ether oxygens (including phenoxy) is 2. The Bertz CT molecular complexity index is 1070. The Balaban J connectivity index is 1.72. The van der Waals surface area contributed by atoms with E-state index in [4.69, 9.17) is 9.47 Å². The molecule has 0 spiro atoms. The van der Waals surface area contributed by atoms with Gasteiger partial charge in [-0.25, -0.2) is 0 Å². The van der Waals surface area contributed by atoms with Gasteiger partial charge < -0.3 is 29.9 Å². The number of rotatable bonds is 13. The van der Waals surface area contributed by atoms with E-state index in [0.29, 0.717) is 53.4 Å². The van der Waals surface area contributed by atoms with Crippen molar-refractivity contribution >= 4 is 18.1 Å². The van der Waals surface area contributed by atoms with Crippen molar-refractivity contribution in [2.75, 3.05) is 26.8 Å². The predicted octanol–water partition coefficient (Wildman–Crippen LogP) is 3.12. The number of aliphatic hydroxyl groups is 2. The Morgan fingerprint density at radius 2 is 1.97 bits per heavy atom. The summed E-state index contributed by atoms with van der Waals surface area (Å²) < 4.78 is 11.7. The predicted molar refractivity (Wildman–Crippen MR) is 146 cm³/mol. The van der Waals surface area contributed by atoms with Gasteiger partial charge in [0.05, 0.1) is 25.7 Å². The SMILES string of the molecule is CCCCCCN(C(=O)CC1CCCC1)[C@@H]1C=C(C(=O)NCCO)[C@@H]2c3cc(C=O)cc(OC)c3O[C@@H]2[C@H]1O. The number of methoxy groups -OCH3 is 1. The number of unbranched alkanes of at least 4 members (excludes halogenated alkanes) is 3. The molecule has 1 aliphatic heterocycles. The van der Waals surface area contributed by atoms with Gasteiger partial charge in [0, 0.05) is 36.2 Å². The van der Waals surface area contributed by atoms with Crippen LogP contribution in [0.5, 0.6) is 11.5 Å². The molecule has 1 fully saturated rings. The highest BCUT2D eigenvalue weighted by Crippen LogP contribution is 2.51. The van der Waals surface area contributed by atoms with Gasteiger partial charge in [0.15, 0.2) is 11.5 Å². The number of nitrogens with one attached hydrogen (secondary N) is 1. The second-order valence-corrected chi connectivity index (χ2v) is 10.9. The summed E-state index contributed by atoms with van der Waals surface area (Å²) in [4.78, 5) is 40.5. The summed E-state index contributed by atoms with van der Waals surface area (Å²) >= 11 is 0. The molecule has 4 rings (SSSR count). The van der Waals surface area contributed by atoms with Gasteiger partial charge in [-0.2, -0.15) is 0 Å². The molecule has 0 unspecified atom stereocenters. The summed E-state index contributed by atoms with van der Waals surface area (Å²) in [6.07, 6.45) is 9.13. The number of carbonyl (C=O) groups is 3. The number of aldehydes is 1. The molecule has 0 bridgehead atoms. The summed E-state index contributed by atoms with van der Waals surface area (Å²) in [7, 11) is 1.47. The first-order chi connectivity index (χ1) is 18.9. The smallest absolute Gasteiger partial charge is 0.247 e. The van der Waals surface area contributed by atoms with Crippen molar-refractivity contribution in [3.05, 3.63) is 34.9 Å². The van der Waals surface area contributed by atoms with Crippen LogP contribution in [0, 0.1) is 5.92 Å². The number of aliphatic hydroxyl groups excluding tert-OH is 2. The molecule has 0 saturated heterocycles. The minimum absolute atomic E-state index is 0.0106. The Hall–Kier alpha value is -2.91. The molecular formula is C30H42N2O7. The third kappa shape index (κ3) is 6.30. The average Bonchev–Trinajstić information content (AvgIpc) is 3.60. The summed E-state index contributed by atoms with van der Waals surface area (Å²) in [6.45, 7) is 2.46. The summed E-state index contributed by atoms with van der Waals surface area (Å²) in [6, 6.07) is 2.47. The van der Waals surface area contributed by atoms with E-state index in [1.54, 1.807) is 23.1 Å². The normalized spacial score (nSPS) is 23.8. The van der Waals surface area contributed by atoms with E-state index in [1.165, 1.54) is 7.11 Å².